The molecule has 148 valence electrons. The number of piperidine rings is 1. The minimum absolute atomic E-state index is 0.162. The molecule has 1 aromatic carbocycles. The predicted octanol–water partition coefficient (Wildman–Crippen LogP) is 4.14. The zero-order valence-electron chi connectivity index (χ0n) is 16.3. The molecular weight excluding hydrogens is 362 g/mol. The fraction of sp³-hybridized carbons (Fsp3) is 0.261. The lowest BCUT2D eigenvalue weighted by Gasteiger charge is -2.28. The van der Waals surface area contributed by atoms with E-state index in [0.29, 0.717) is 12.1 Å². The number of hydrogen-bond acceptors (Lipinski definition) is 5. The molecule has 2 aromatic heterocycles. The molecule has 2 N–H and O–H groups in total. The number of benzene rings is 1. The van der Waals surface area contributed by atoms with Gasteiger partial charge in [-0.3, -0.25) is 14.8 Å². The van der Waals surface area contributed by atoms with Gasteiger partial charge in [-0.05, 0) is 61.2 Å². The van der Waals surface area contributed by atoms with Crippen molar-refractivity contribution in [3.8, 4) is 0 Å². The van der Waals surface area contributed by atoms with Crippen molar-refractivity contribution in [2.45, 2.75) is 25.8 Å². The van der Waals surface area contributed by atoms with Crippen LogP contribution in [0.4, 0.5) is 17.1 Å². The highest BCUT2D eigenvalue weighted by molar-refractivity contribution is 5.94. The summed E-state index contributed by atoms with van der Waals surface area (Å²) in [7, 11) is 0. The Morgan fingerprint density at radius 1 is 0.931 bits per heavy atom. The minimum Gasteiger partial charge on any atom is -0.372 e. The maximum Gasteiger partial charge on any atom is 0.253 e. The first-order chi connectivity index (χ1) is 14.3. The van der Waals surface area contributed by atoms with Crippen LogP contribution in [0.3, 0.4) is 0 Å². The quantitative estimate of drug-likeness (QED) is 0.665. The molecule has 0 atom stereocenters. The summed E-state index contributed by atoms with van der Waals surface area (Å²) in [6.45, 7) is 2.70. The van der Waals surface area contributed by atoms with Gasteiger partial charge in [-0.15, -0.1) is 0 Å². The van der Waals surface area contributed by atoms with Crippen LogP contribution in [0, 0.1) is 0 Å². The van der Waals surface area contributed by atoms with E-state index in [4.69, 9.17) is 0 Å². The molecule has 3 heterocycles. The van der Waals surface area contributed by atoms with Crippen LogP contribution in [-0.2, 0) is 6.54 Å². The average Bonchev–Trinajstić information content (AvgIpc) is 2.79. The number of pyridine rings is 2. The third-order valence-electron chi connectivity index (χ3n) is 5.05. The van der Waals surface area contributed by atoms with Gasteiger partial charge in [0.15, 0.2) is 0 Å². The first-order valence-corrected chi connectivity index (χ1v) is 10.0. The summed E-state index contributed by atoms with van der Waals surface area (Å²) in [5.41, 5.74) is 4.49. The monoisotopic (exact) mass is 387 g/mol. The highest BCUT2D eigenvalue weighted by atomic mass is 16.1. The molecule has 1 saturated heterocycles. The van der Waals surface area contributed by atoms with Crippen molar-refractivity contribution in [3.63, 3.8) is 0 Å². The van der Waals surface area contributed by atoms with Crippen molar-refractivity contribution in [2.75, 3.05) is 23.3 Å². The molecule has 1 amide bonds. The maximum atomic E-state index is 12.4. The van der Waals surface area contributed by atoms with E-state index in [0.717, 1.165) is 30.0 Å². The van der Waals surface area contributed by atoms with Crippen molar-refractivity contribution < 1.29 is 4.79 Å². The molecule has 0 unspecified atom stereocenters. The smallest absolute Gasteiger partial charge is 0.253 e. The lowest BCUT2D eigenvalue weighted by atomic mass is 10.1. The number of amides is 1. The van der Waals surface area contributed by atoms with Crippen LogP contribution in [0.1, 0.15) is 35.2 Å². The molecule has 0 radical (unpaired) electrons. The third-order valence-corrected chi connectivity index (χ3v) is 5.05. The summed E-state index contributed by atoms with van der Waals surface area (Å²) in [6.07, 6.45) is 10.6. The summed E-state index contributed by atoms with van der Waals surface area (Å²) >= 11 is 0. The Kier molecular flexibility index (Phi) is 6.00. The Bertz CT molecular complexity index is 937. The van der Waals surface area contributed by atoms with Gasteiger partial charge in [0.1, 0.15) is 0 Å². The first kappa shape index (κ1) is 18.9. The Balaban J connectivity index is 1.37. The Hall–Kier alpha value is -3.41. The van der Waals surface area contributed by atoms with Crippen LogP contribution in [0.15, 0.2) is 67.3 Å². The van der Waals surface area contributed by atoms with E-state index in [1.54, 1.807) is 24.8 Å². The van der Waals surface area contributed by atoms with Gasteiger partial charge in [0.2, 0.25) is 0 Å². The van der Waals surface area contributed by atoms with E-state index in [2.05, 4.69) is 49.8 Å². The normalized spacial score (nSPS) is 13.7. The van der Waals surface area contributed by atoms with E-state index in [9.17, 15) is 4.79 Å². The van der Waals surface area contributed by atoms with Gasteiger partial charge in [-0.2, -0.15) is 0 Å². The molecule has 0 spiro atoms. The summed E-state index contributed by atoms with van der Waals surface area (Å²) in [5.74, 6) is -0.162. The molecule has 6 nitrogen and oxygen atoms in total. The largest absolute Gasteiger partial charge is 0.372 e. The summed E-state index contributed by atoms with van der Waals surface area (Å²) in [4.78, 5) is 23.1. The number of nitrogens with zero attached hydrogens (tertiary/aromatic N) is 3. The van der Waals surface area contributed by atoms with Gasteiger partial charge in [0.05, 0.1) is 17.4 Å². The molecular formula is C23H25N5O. The lowest BCUT2D eigenvalue weighted by molar-refractivity contribution is 0.0950. The van der Waals surface area contributed by atoms with E-state index >= 15 is 0 Å². The van der Waals surface area contributed by atoms with E-state index in [-0.39, 0.29) is 5.91 Å². The maximum absolute atomic E-state index is 12.4. The van der Waals surface area contributed by atoms with Crippen LogP contribution < -0.4 is 15.5 Å². The first-order valence-electron chi connectivity index (χ1n) is 10.0. The van der Waals surface area contributed by atoms with Gasteiger partial charge in [0.25, 0.3) is 5.91 Å². The number of anilines is 3. The SMILES string of the molecule is O=C(NCc1cccnc1)c1cncc(Nc2ccc(N3CCCCC3)cc2)c1. The van der Waals surface area contributed by atoms with Crippen LogP contribution in [0.5, 0.6) is 0 Å². The summed E-state index contributed by atoms with van der Waals surface area (Å²) in [6, 6.07) is 14.0. The van der Waals surface area contributed by atoms with E-state index < -0.39 is 0 Å². The fourth-order valence-electron chi connectivity index (χ4n) is 3.49. The van der Waals surface area contributed by atoms with Crippen LogP contribution in [0.2, 0.25) is 0 Å². The van der Waals surface area contributed by atoms with Crippen LogP contribution in [-0.4, -0.2) is 29.0 Å². The number of carbonyl (C=O) groups is 1. The van der Waals surface area contributed by atoms with Gasteiger partial charge in [0, 0.05) is 49.6 Å². The van der Waals surface area contributed by atoms with Crippen molar-refractivity contribution in [1.29, 1.82) is 0 Å². The Morgan fingerprint density at radius 2 is 1.76 bits per heavy atom. The zero-order chi connectivity index (χ0) is 19.9. The van der Waals surface area contributed by atoms with Crippen molar-refractivity contribution >= 4 is 23.0 Å². The zero-order valence-corrected chi connectivity index (χ0v) is 16.3. The van der Waals surface area contributed by atoms with Crippen LogP contribution >= 0.6 is 0 Å². The summed E-state index contributed by atoms with van der Waals surface area (Å²) < 4.78 is 0. The second-order valence-electron chi connectivity index (χ2n) is 7.23. The Morgan fingerprint density at radius 3 is 2.52 bits per heavy atom. The number of nitrogens with one attached hydrogen (secondary N) is 2. The molecule has 0 saturated carbocycles. The molecule has 0 bridgehead atoms. The molecule has 0 aliphatic carbocycles. The fourth-order valence-corrected chi connectivity index (χ4v) is 3.49. The Labute approximate surface area is 171 Å². The molecule has 1 aliphatic rings. The van der Waals surface area contributed by atoms with Crippen LogP contribution in [0.25, 0.3) is 0 Å². The minimum atomic E-state index is -0.162. The number of carbonyl (C=O) groups excluding carboxylic acids is 1. The highest BCUT2D eigenvalue weighted by Gasteiger charge is 2.11. The topological polar surface area (TPSA) is 70.1 Å². The second kappa shape index (κ2) is 9.19. The standard InChI is InChI=1S/C23H25N5O/c29-23(26-15-18-5-4-10-24-14-18)19-13-21(17-25-16-19)27-20-6-8-22(9-7-20)28-11-2-1-3-12-28/h4-10,13-14,16-17,27H,1-3,11-12,15H2,(H,26,29). The molecule has 6 heteroatoms. The molecule has 1 fully saturated rings. The highest BCUT2D eigenvalue weighted by Crippen LogP contribution is 2.23. The molecule has 29 heavy (non-hydrogen) atoms. The second-order valence-corrected chi connectivity index (χ2v) is 7.23. The third kappa shape index (κ3) is 5.10. The van der Waals surface area contributed by atoms with Gasteiger partial charge >= 0.3 is 0 Å². The van der Waals surface area contributed by atoms with Crippen molar-refractivity contribution in [2.24, 2.45) is 0 Å². The van der Waals surface area contributed by atoms with E-state index in [1.165, 1.54) is 24.9 Å². The van der Waals surface area contributed by atoms with Gasteiger partial charge in [-0.25, -0.2) is 0 Å². The molecule has 4 rings (SSSR count). The number of aromatic nitrogens is 2. The van der Waals surface area contributed by atoms with E-state index in [1.807, 2.05) is 18.2 Å². The predicted molar refractivity (Wildman–Crippen MR) is 115 cm³/mol. The summed E-state index contributed by atoms with van der Waals surface area (Å²) in [5, 5.41) is 6.23. The van der Waals surface area contributed by atoms with Crippen molar-refractivity contribution in [3.05, 3.63) is 78.4 Å². The van der Waals surface area contributed by atoms with Crippen molar-refractivity contribution in [1.82, 2.24) is 15.3 Å². The molecule has 3 aromatic rings. The van der Waals surface area contributed by atoms with Gasteiger partial charge < -0.3 is 15.5 Å². The average molecular weight is 387 g/mol. The lowest BCUT2D eigenvalue weighted by Crippen LogP contribution is -2.29. The number of rotatable bonds is 6. The molecule has 1 aliphatic heterocycles. The number of hydrogen-bond donors (Lipinski definition) is 2. The van der Waals surface area contributed by atoms with Gasteiger partial charge in [-0.1, -0.05) is 6.07 Å².